The Labute approximate surface area is 189 Å². The van der Waals surface area contributed by atoms with Crippen molar-refractivity contribution in [2.45, 2.75) is 37.5 Å². The van der Waals surface area contributed by atoms with Gasteiger partial charge in [-0.15, -0.1) is 0 Å². The Morgan fingerprint density at radius 3 is 2.22 bits per heavy atom. The van der Waals surface area contributed by atoms with Crippen molar-refractivity contribution in [2.24, 2.45) is 5.92 Å². The van der Waals surface area contributed by atoms with Crippen LogP contribution in [-0.2, 0) is 14.8 Å². The average Bonchev–Trinajstić information content (AvgIpc) is 2.79. The van der Waals surface area contributed by atoms with E-state index in [1.165, 1.54) is 23.5 Å². The third-order valence-corrected chi connectivity index (χ3v) is 7.81. The van der Waals surface area contributed by atoms with Crippen LogP contribution in [0.3, 0.4) is 0 Å². The molecule has 1 amide bonds. The van der Waals surface area contributed by atoms with E-state index < -0.39 is 15.8 Å². The van der Waals surface area contributed by atoms with Crippen LogP contribution in [0.5, 0.6) is 0 Å². The molecule has 1 aliphatic rings. The molecule has 6 nitrogen and oxygen atoms in total. The van der Waals surface area contributed by atoms with Gasteiger partial charge in [-0.25, -0.2) is 17.1 Å². The molecule has 172 valence electrons. The molecule has 0 unspecified atom stereocenters. The standard InChI is InChI=1S/C24H29FN2O4S/c1-18-5-7-19(8-6-18)24(29)20-13-16-27(17-14-20)23(28)4-3-15-26(2)32(30,31)22-11-9-21(25)10-12-22/h5-12,20H,3-4,13-17H2,1-2H3. The lowest BCUT2D eigenvalue weighted by Gasteiger charge is -2.31. The first-order valence-corrected chi connectivity index (χ1v) is 12.2. The number of carbonyl (C=O) groups is 2. The fourth-order valence-electron chi connectivity index (χ4n) is 3.86. The largest absolute Gasteiger partial charge is 0.343 e. The zero-order valence-electron chi connectivity index (χ0n) is 18.5. The predicted molar refractivity (Wildman–Crippen MR) is 120 cm³/mol. The molecule has 0 aliphatic carbocycles. The molecule has 0 atom stereocenters. The number of carbonyl (C=O) groups excluding carboxylic acids is 2. The number of ketones is 1. The van der Waals surface area contributed by atoms with Gasteiger partial charge < -0.3 is 4.90 Å². The van der Waals surface area contributed by atoms with Gasteiger partial charge in [0.15, 0.2) is 5.78 Å². The van der Waals surface area contributed by atoms with Crippen molar-refractivity contribution >= 4 is 21.7 Å². The number of aryl methyl sites for hydroxylation is 1. The molecular weight excluding hydrogens is 431 g/mol. The van der Waals surface area contributed by atoms with Crippen LogP contribution in [0.15, 0.2) is 53.4 Å². The summed E-state index contributed by atoms with van der Waals surface area (Å²) < 4.78 is 39.3. The highest BCUT2D eigenvalue weighted by Gasteiger charge is 2.28. The van der Waals surface area contributed by atoms with Gasteiger partial charge in [0.1, 0.15) is 5.82 Å². The second-order valence-corrected chi connectivity index (χ2v) is 10.3. The zero-order chi connectivity index (χ0) is 23.3. The van der Waals surface area contributed by atoms with Crippen LogP contribution in [0.1, 0.15) is 41.6 Å². The topological polar surface area (TPSA) is 74.8 Å². The fraction of sp³-hybridized carbons (Fsp3) is 0.417. The molecule has 0 saturated carbocycles. The minimum Gasteiger partial charge on any atom is -0.343 e. The molecule has 1 fully saturated rings. The number of sulfonamides is 1. The Bertz CT molecular complexity index is 1040. The first-order valence-electron chi connectivity index (χ1n) is 10.8. The van der Waals surface area contributed by atoms with Crippen LogP contribution in [0.2, 0.25) is 0 Å². The van der Waals surface area contributed by atoms with Gasteiger partial charge in [0.2, 0.25) is 15.9 Å². The van der Waals surface area contributed by atoms with Crippen LogP contribution < -0.4 is 0 Å². The molecule has 32 heavy (non-hydrogen) atoms. The Hall–Kier alpha value is -2.58. The lowest BCUT2D eigenvalue weighted by Crippen LogP contribution is -2.40. The molecule has 2 aromatic carbocycles. The van der Waals surface area contributed by atoms with Crippen molar-refractivity contribution in [1.82, 2.24) is 9.21 Å². The maximum Gasteiger partial charge on any atom is 0.242 e. The Balaban J connectivity index is 1.44. The predicted octanol–water partition coefficient (Wildman–Crippen LogP) is 3.66. The highest BCUT2D eigenvalue weighted by Crippen LogP contribution is 2.23. The van der Waals surface area contributed by atoms with E-state index in [-0.39, 0.29) is 35.5 Å². The summed E-state index contributed by atoms with van der Waals surface area (Å²) in [5.74, 6) is -0.473. The summed E-state index contributed by atoms with van der Waals surface area (Å²) in [7, 11) is -2.27. The van der Waals surface area contributed by atoms with E-state index in [1.807, 2.05) is 31.2 Å². The van der Waals surface area contributed by atoms with E-state index in [0.29, 0.717) is 37.9 Å². The van der Waals surface area contributed by atoms with E-state index in [1.54, 1.807) is 4.90 Å². The number of hydrogen-bond acceptors (Lipinski definition) is 4. The zero-order valence-corrected chi connectivity index (χ0v) is 19.3. The van der Waals surface area contributed by atoms with Crippen molar-refractivity contribution < 1.29 is 22.4 Å². The number of nitrogens with zero attached hydrogens (tertiary/aromatic N) is 2. The van der Waals surface area contributed by atoms with Gasteiger partial charge in [-0.05, 0) is 50.5 Å². The second-order valence-electron chi connectivity index (χ2n) is 8.27. The van der Waals surface area contributed by atoms with Crippen LogP contribution in [-0.4, -0.2) is 56.0 Å². The Morgan fingerprint density at radius 2 is 1.62 bits per heavy atom. The summed E-state index contributed by atoms with van der Waals surface area (Å²) in [5, 5.41) is 0. The molecule has 8 heteroatoms. The molecule has 0 bridgehead atoms. The van der Waals surface area contributed by atoms with Crippen molar-refractivity contribution in [2.75, 3.05) is 26.7 Å². The fourth-order valence-corrected chi connectivity index (χ4v) is 5.07. The van der Waals surface area contributed by atoms with Gasteiger partial charge in [-0.2, -0.15) is 0 Å². The number of likely N-dealkylation sites (tertiary alicyclic amines) is 1. The molecule has 1 saturated heterocycles. The highest BCUT2D eigenvalue weighted by atomic mass is 32.2. The maximum atomic E-state index is 13.0. The minimum atomic E-state index is -3.72. The third kappa shape index (κ3) is 5.81. The second kappa shape index (κ2) is 10.4. The van der Waals surface area contributed by atoms with Gasteiger partial charge in [0.05, 0.1) is 4.90 Å². The number of piperidine rings is 1. The SMILES string of the molecule is Cc1ccc(C(=O)C2CCN(C(=O)CCCN(C)S(=O)(=O)c3ccc(F)cc3)CC2)cc1. The molecule has 2 aromatic rings. The van der Waals surface area contributed by atoms with Crippen LogP contribution in [0.4, 0.5) is 4.39 Å². The monoisotopic (exact) mass is 460 g/mol. The number of benzene rings is 2. The van der Waals surface area contributed by atoms with E-state index in [4.69, 9.17) is 0 Å². The summed E-state index contributed by atoms with van der Waals surface area (Å²) in [6.07, 6.45) is 1.90. The van der Waals surface area contributed by atoms with Gasteiger partial charge in [-0.3, -0.25) is 9.59 Å². The van der Waals surface area contributed by atoms with Crippen LogP contribution in [0.25, 0.3) is 0 Å². The minimum absolute atomic E-state index is 0.0213. The van der Waals surface area contributed by atoms with E-state index in [2.05, 4.69) is 0 Å². The van der Waals surface area contributed by atoms with Crippen molar-refractivity contribution in [3.05, 3.63) is 65.5 Å². The quantitative estimate of drug-likeness (QED) is 0.564. The normalized spacial score (nSPS) is 15.2. The number of rotatable bonds is 8. The summed E-state index contributed by atoms with van der Waals surface area (Å²) in [6, 6.07) is 12.2. The molecule has 0 N–H and O–H groups in total. The summed E-state index contributed by atoms with van der Waals surface area (Å²) in [5.41, 5.74) is 1.82. The molecule has 1 aliphatic heterocycles. The molecule has 0 radical (unpaired) electrons. The van der Waals surface area contributed by atoms with Gasteiger partial charge in [-0.1, -0.05) is 29.8 Å². The maximum absolute atomic E-state index is 13.0. The van der Waals surface area contributed by atoms with E-state index >= 15 is 0 Å². The summed E-state index contributed by atoms with van der Waals surface area (Å²) in [4.78, 5) is 27.0. The highest BCUT2D eigenvalue weighted by molar-refractivity contribution is 7.89. The lowest BCUT2D eigenvalue weighted by atomic mass is 9.88. The third-order valence-electron chi connectivity index (χ3n) is 5.94. The first-order chi connectivity index (χ1) is 15.2. The molecule has 0 aromatic heterocycles. The molecular formula is C24H29FN2O4S. The summed E-state index contributed by atoms with van der Waals surface area (Å²) >= 11 is 0. The van der Waals surface area contributed by atoms with Crippen molar-refractivity contribution in [3.63, 3.8) is 0 Å². The van der Waals surface area contributed by atoms with Crippen LogP contribution >= 0.6 is 0 Å². The number of halogens is 1. The molecule has 3 rings (SSSR count). The van der Waals surface area contributed by atoms with Crippen LogP contribution in [0, 0.1) is 18.7 Å². The number of Topliss-reactive ketones (excluding diaryl/α,β-unsaturated/α-hetero) is 1. The number of hydrogen-bond donors (Lipinski definition) is 0. The Kier molecular flexibility index (Phi) is 7.79. The smallest absolute Gasteiger partial charge is 0.242 e. The van der Waals surface area contributed by atoms with E-state index in [9.17, 15) is 22.4 Å². The van der Waals surface area contributed by atoms with Gasteiger partial charge >= 0.3 is 0 Å². The van der Waals surface area contributed by atoms with E-state index in [0.717, 1.165) is 17.7 Å². The van der Waals surface area contributed by atoms with Gasteiger partial charge in [0, 0.05) is 44.6 Å². The molecule has 0 spiro atoms. The van der Waals surface area contributed by atoms with Crippen molar-refractivity contribution in [1.29, 1.82) is 0 Å². The lowest BCUT2D eigenvalue weighted by molar-refractivity contribution is -0.132. The molecule has 1 heterocycles. The number of amides is 1. The Morgan fingerprint density at radius 1 is 1.03 bits per heavy atom. The van der Waals surface area contributed by atoms with Crippen molar-refractivity contribution in [3.8, 4) is 0 Å². The first kappa shape index (κ1) is 24.1. The summed E-state index contributed by atoms with van der Waals surface area (Å²) in [6.45, 7) is 3.23. The van der Waals surface area contributed by atoms with Gasteiger partial charge in [0.25, 0.3) is 0 Å². The average molecular weight is 461 g/mol.